The van der Waals surface area contributed by atoms with Crippen molar-refractivity contribution in [2.75, 3.05) is 5.32 Å². The summed E-state index contributed by atoms with van der Waals surface area (Å²) in [5, 5.41) is 12.2. The van der Waals surface area contributed by atoms with E-state index in [0.29, 0.717) is 27.7 Å². The molecular weight excluding hydrogens is 288 g/mol. The monoisotopic (exact) mass is 296 g/mol. The first-order chi connectivity index (χ1) is 10.2. The van der Waals surface area contributed by atoms with Crippen molar-refractivity contribution in [3.05, 3.63) is 52.8 Å². The van der Waals surface area contributed by atoms with E-state index in [-0.39, 0.29) is 18.0 Å². The van der Waals surface area contributed by atoms with Gasteiger partial charge in [0.2, 0.25) is 5.91 Å². The van der Waals surface area contributed by atoms with Crippen molar-refractivity contribution in [2.24, 2.45) is 4.99 Å². The first-order valence-corrected chi connectivity index (χ1v) is 6.57. The number of fused-ring (bicyclic) bond motifs is 1. The molecule has 0 aliphatic carbocycles. The van der Waals surface area contributed by atoms with E-state index in [2.05, 4.69) is 15.3 Å². The minimum Gasteiger partial charge on any atom is -0.324 e. The number of halogens is 1. The molecule has 0 fully saturated rings. The third-order valence-corrected chi connectivity index (χ3v) is 3.26. The van der Waals surface area contributed by atoms with Gasteiger partial charge in [0.05, 0.1) is 23.5 Å². The molecule has 102 valence electrons. The van der Waals surface area contributed by atoms with Crippen LogP contribution in [-0.4, -0.2) is 16.6 Å². The van der Waals surface area contributed by atoms with Gasteiger partial charge in [-0.1, -0.05) is 11.6 Å². The molecule has 0 spiro atoms. The molecule has 0 radical (unpaired) electrons. The molecule has 1 aromatic heterocycles. The Bertz CT molecular complexity index is 808. The molecule has 5 nitrogen and oxygen atoms in total. The second-order valence-corrected chi connectivity index (χ2v) is 4.92. The zero-order chi connectivity index (χ0) is 14.8. The maximum atomic E-state index is 12.0. The number of anilines is 1. The fraction of sp³-hybridized carbons (Fsp3) is 0.0667. The predicted molar refractivity (Wildman–Crippen MR) is 79.8 cm³/mol. The lowest BCUT2D eigenvalue weighted by Crippen LogP contribution is -2.15. The normalized spacial score (nSPS) is 13.5. The summed E-state index contributed by atoms with van der Waals surface area (Å²) in [7, 11) is 0. The summed E-state index contributed by atoms with van der Waals surface area (Å²) in [6.07, 6.45) is 1.66. The predicted octanol–water partition coefficient (Wildman–Crippen LogP) is 3.07. The van der Waals surface area contributed by atoms with E-state index in [9.17, 15) is 4.79 Å². The fourth-order valence-corrected chi connectivity index (χ4v) is 2.25. The molecule has 2 aromatic rings. The highest BCUT2D eigenvalue weighted by Gasteiger charge is 2.17. The Hall–Kier alpha value is -2.71. The summed E-state index contributed by atoms with van der Waals surface area (Å²) in [4.78, 5) is 20.4. The van der Waals surface area contributed by atoms with Crippen LogP contribution < -0.4 is 5.32 Å². The van der Waals surface area contributed by atoms with Gasteiger partial charge in [0.1, 0.15) is 11.8 Å². The number of nitriles is 1. The summed E-state index contributed by atoms with van der Waals surface area (Å²) >= 11 is 5.93. The highest BCUT2D eigenvalue weighted by Crippen LogP contribution is 2.31. The molecule has 1 aliphatic rings. The molecule has 0 unspecified atom stereocenters. The Morgan fingerprint density at radius 3 is 2.95 bits per heavy atom. The third kappa shape index (κ3) is 2.76. The highest BCUT2D eigenvalue weighted by molar-refractivity contribution is 6.31. The van der Waals surface area contributed by atoms with Gasteiger partial charge in [-0.3, -0.25) is 9.79 Å². The zero-order valence-electron chi connectivity index (χ0n) is 10.8. The van der Waals surface area contributed by atoms with Crippen LogP contribution in [0.2, 0.25) is 5.02 Å². The van der Waals surface area contributed by atoms with Crippen LogP contribution in [0.25, 0.3) is 0 Å². The second-order valence-electron chi connectivity index (χ2n) is 4.49. The van der Waals surface area contributed by atoms with Gasteiger partial charge in [0.15, 0.2) is 0 Å². The van der Waals surface area contributed by atoms with Crippen LogP contribution in [0.1, 0.15) is 17.7 Å². The summed E-state index contributed by atoms with van der Waals surface area (Å²) in [5.74, 6) is -0.176. The average molecular weight is 297 g/mol. The maximum Gasteiger partial charge on any atom is 0.230 e. The van der Waals surface area contributed by atoms with Gasteiger partial charge in [-0.15, -0.1) is 0 Å². The summed E-state index contributed by atoms with van der Waals surface area (Å²) in [5.41, 5.74) is 2.80. The van der Waals surface area contributed by atoms with E-state index in [0.717, 1.165) is 0 Å². The number of hydrogen-bond acceptors (Lipinski definition) is 4. The first-order valence-electron chi connectivity index (χ1n) is 6.19. The van der Waals surface area contributed by atoms with Crippen molar-refractivity contribution in [3.63, 3.8) is 0 Å². The Morgan fingerprint density at radius 2 is 2.14 bits per heavy atom. The Balaban J connectivity index is 2.11. The number of pyridine rings is 1. The van der Waals surface area contributed by atoms with E-state index in [1.54, 1.807) is 30.3 Å². The SMILES string of the molecule is N#Cc1cc(C2=Nc3ccc(Cl)cc3NC(=O)C2)ccn1. The molecule has 0 bridgehead atoms. The van der Waals surface area contributed by atoms with Crippen molar-refractivity contribution in [2.45, 2.75) is 6.42 Å². The minimum atomic E-state index is -0.176. The van der Waals surface area contributed by atoms with Crippen molar-refractivity contribution in [1.82, 2.24) is 4.98 Å². The van der Waals surface area contributed by atoms with Gasteiger partial charge in [0.25, 0.3) is 0 Å². The van der Waals surface area contributed by atoms with E-state index >= 15 is 0 Å². The number of aliphatic imine (C=N–C) groups is 1. The van der Waals surface area contributed by atoms with Crippen LogP contribution in [0.3, 0.4) is 0 Å². The number of nitrogens with one attached hydrogen (secondary N) is 1. The topological polar surface area (TPSA) is 78.1 Å². The number of carbonyl (C=O) groups excluding carboxylic acids is 1. The molecule has 0 saturated heterocycles. The standard InChI is InChI=1S/C15H9ClN4O/c16-10-1-2-12-14(6-10)20-15(21)7-13(19-12)9-3-4-18-11(5-9)8-17/h1-6H,7H2,(H,20,21). The van der Waals surface area contributed by atoms with Crippen molar-refractivity contribution < 1.29 is 4.79 Å². The molecule has 0 saturated carbocycles. The smallest absolute Gasteiger partial charge is 0.230 e. The van der Waals surface area contributed by atoms with Gasteiger partial charge in [-0.2, -0.15) is 5.26 Å². The number of amides is 1. The fourth-order valence-electron chi connectivity index (χ4n) is 2.08. The number of nitrogens with zero attached hydrogens (tertiary/aromatic N) is 3. The Kier molecular flexibility index (Phi) is 3.38. The first kappa shape index (κ1) is 13.3. The van der Waals surface area contributed by atoms with Crippen LogP contribution in [0.15, 0.2) is 41.5 Å². The van der Waals surface area contributed by atoms with Gasteiger partial charge in [-0.05, 0) is 30.3 Å². The summed E-state index contributed by atoms with van der Waals surface area (Å²) in [6, 6.07) is 10.4. The molecule has 3 rings (SSSR count). The summed E-state index contributed by atoms with van der Waals surface area (Å²) < 4.78 is 0. The molecule has 2 heterocycles. The second kappa shape index (κ2) is 5.35. The molecule has 6 heteroatoms. The van der Waals surface area contributed by atoms with Crippen LogP contribution in [0.4, 0.5) is 11.4 Å². The Labute approximate surface area is 125 Å². The van der Waals surface area contributed by atoms with Crippen LogP contribution >= 0.6 is 11.6 Å². The van der Waals surface area contributed by atoms with E-state index in [1.807, 2.05) is 6.07 Å². The van der Waals surface area contributed by atoms with Crippen molar-refractivity contribution >= 4 is 34.6 Å². The minimum absolute atomic E-state index is 0.126. The number of rotatable bonds is 1. The Morgan fingerprint density at radius 1 is 1.29 bits per heavy atom. The van der Waals surface area contributed by atoms with Crippen LogP contribution in [0, 0.1) is 11.3 Å². The largest absolute Gasteiger partial charge is 0.324 e. The summed E-state index contributed by atoms with van der Waals surface area (Å²) in [6.45, 7) is 0. The molecule has 21 heavy (non-hydrogen) atoms. The zero-order valence-corrected chi connectivity index (χ0v) is 11.6. The average Bonchev–Trinajstić information content (AvgIpc) is 2.65. The van der Waals surface area contributed by atoms with E-state index in [1.165, 1.54) is 6.20 Å². The maximum absolute atomic E-state index is 12.0. The lowest BCUT2D eigenvalue weighted by atomic mass is 10.1. The van der Waals surface area contributed by atoms with Gasteiger partial charge >= 0.3 is 0 Å². The lowest BCUT2D eigenvalue weighted by molar-refractivity contribution is -0.115. The van der Waals surface area contributed by atoms with Crippen LogP contribution in [-0.2, 0) is 4.79 Å². The molecule has 0 atom stereocenters. The van der Waals surface area contributed by atoms with Crippen molar-refractivity contribution in [1.29, 1.82) is 5.26 Å². The van der Waals surface area contributed by atoms with Gasteiger partial charge in [-0.25, -0.2) is 4.98 Å². The third-order valence-electron chi connectivity index (χ3n) is 3.02. The van der Waals surface area contributed by atoms with E-state index in [4.69, 9.17) is 16.9 Å². The molecule has 1 amide bonds. The van der Waals surface area contributed by atoms with Crippen LogP contribution in [0.5, 0.6) is 0 Å². The lowest BCUT2D eigenvalue weighted by Gasteiger charge is -2.03. The number of carbonyl (C=O) groups is 1. The number of benzene rings is 1. The quantitative estimate of drug-likeness (QED) is 0.878. The van der Waals surface area contributed by atoms with E-state index < -0.39 is 0 Å². The number of hydrogen-bond donors (Lipinski definition) is 1. The number of aromatic nitrogens is 1. The molecule has 1 aromatic carbocycles. The van der Waals surface area contributed by atoms with Crippen molar-refractivity contribution in [3.8, 4) is 6.07 Å². The molecular formula is C15H9ClN4O. The van der Waals surface area contributed by atoms with Gasteiger partial charge in [0, 0.05) is 16.8 Å². The highest BCUT2D eigenvalue weighted by atomic mass is 35.5. The molecule has 1 N–H and O–H groups in total. The van der Waals surface area contributed by atoms with Gasteiger partial charge < -0.3 is 5.32 Å². The molecule has 1 aliphatic heterocycles.